The molecule has 0 aromatic carbocycles. The minimum atomic E-state index is -0.0365. The van der Waals surface area contributed by atoms with Crippen LogP contribution >= 0.6 is 0 Å². The lowest BCUT2D eigenvalue weighted by molar-refractivity contribution is 0.119. The van der Waals surface area contributed by atoms with Crippen LogP contribution < -0.4 is 5.73 Å². The Balaban J connectivity index is 2.19. The number of hydrogen-bond acceptors (Lipinski definition) is 3. The molecule has 2 heterocycles. The fraction of sp³-hybridized carbons (Fsp3) is 0.750. The first-order valence-corrected chi connectivity index (χ1v) is 6.01. The van der Waals surface area contributed by atoms with Crippen molar-refractivity contribution in [1.29, 1.82) is 0 Å². The van der Waals surface area contributed by atoms with Crippen molar-refractivity contribution in [1.82, 2.24) is 14.5 Å². The molecular weight excluding hydrogens is 200 g/mol. The van der Waals surface area contributed by atoms with E-state index in [1.165, 1.54) is 12.8 Å². The van der Waals surface area contributed by atoms with Crippen molar-refractivity contribution in [2.45, 2.75) is 38.3 Å². The predicted octanol–water partition coefficient (Wildman–Crippen LogP) is 1.29. The second kappa shape index (κ2) is 4.18. The number of likely N-dealkylation sites (tertiary alicyclic amines) is 1. The molecule has 2 N–H and O–H groups in total. The van der Waals surface area contributed by atoms with Crippen molar-refractivity contribution in [2.75, 3.05) is 13.1 Å². The summed E-state index contributed by atoms with van der Waals surface area (Å²) in [4.78, 5) is 6.84. The van der Waals surface area contributed by atoms with Crippen LogP contribution in [0.2, 0.25) is 0 Å². The highest BCUT2D eigenvalue weighted by atomic mass is 15.2. The van der Waals surface area contributed by atoms with Crippen molar-refractivity contribution in [3.05, 3.63) is 18.2 Å². The molecule has 0 amide bonds. The Labute approximate surface area is 97.4 Å². The normalized spacial score (nSPS) is 20.2. The Morgan fingerprint density at radius 3 is 2.50 bits per heavy atom. The fourth-order valence-corrected chi connectivity index (χ4v) is 2.48. The summed E-state index contributed by atoms with van der Waals surface area (Å²) >= 11 is 0. The van der Waals surface area contributed by atoms with Crippen molar-refractivity contribution in [3.8, 4) is 0 Å². The minimum absolute atomic E-state index is 0.0182. The maximum absolute atomic E-state index is 6.37. The number of aryl methyl sites for hydroxylation is 1. The van der Waals surface area contributed by atoms with Crippen LogP contribution in [0.4, 0.5) is 0 Å². The molecule has 2 rings (SSSR count). The first-order valence-electron chi connectivity index (χ1n) is 6.01. The van der Waals surface area contributed by atoms with Gasteiger partial charge in [0.05, 0.1) is 6.04 Å². The Hall–Kier alpha value is -0.870. The van der Waals surface area contributed by atoms with E-state index < -0.39 is 0 Å². The van der Waals surface area contributed by atoms with E-state index >= 15 is 0 Å². The zero-order chi connectivity index (χ0) is 11.8. The zero-order valence-electron chi connectivity index (χ0n) is 10.5. The van der Waals surface area contributed by atoms with Crippen molar-refractivity contribution in [3.63, 3.8) is 0 Å². The van der Waals surface area contributed by atoms with Gasteiger partial charge in [-0.25, -0.2) is 4.98 Å². The Kier molecular flexibility index (Phi) is 3.04. The molecule has 1 atom stereocenters. The van der Waals surface area contributed by atoms with E-state index in [9.17, 15) is 0 Å². The van der Waals surface area contributed by atoms with Gasteiger partial charge in [-0.15, -0.1) is 0 Å². The molecule has 90 valence electrons. The topological polar surface area (TPSA) is 47.1 Å². The molecule has 1 aliphatic rings. The Morgan fingerprint density at radius 2 is 2.00 bits per heavy atom. The van der Waals surface area contributed by atoms with Crippen LogP contribution in [0, 0.1) is 0 Å². The largest absolute Gasteiger partial charge is 0.337 e. The molecule has 0 bridgehead atoms. The maximum atomic E-state index is 6.37. The summed E-state index contributed by atoms with van der Waals surface area (Å²) in [5.41, 5.74) is 6.35. The number of aromatic nitrogens is 2. The summed E-state index contributed by atoms with van der Waals surface area (Å²) in [6, 6.07) is -0.0365. The highest BCUT2D eigenvalue weighted by Gasteiger charge is 2.37. The van der Waals surface area contributed by atoms with Gasteiger partial charge in [-0.3, -0.25) is 4.90 Å². The molecule has 0 spiro atoms. The lowest BCUT2D eigenvalue weighted by Crippen LogP contribution is -2.50. The molecule has 4 nitrogen and oxygen atoms in total. The third-order valence-corrected chi connectivity index (χ3v) is 3.82. The molecule has 1 saturated heterocycles. The summed E-state index contributed by atoms with van der Waals surface area (Å²) in [6.45, 7) is 6.76. The number of rotatable bonds is 3. The molecule has 1 fully saturated rings. The zero-order valence-corrected chi connectivity index (χ0v) is 10.5. The lowest BCUT2D eigenvalue weighted by Gasteiger charge is -2.39. The second-order valence-corrected chi connectivity index (χ2v) is 5.22. The van der Waals surface area contributed by atoms with Gasteiger partial charge in [0.1, 0.15) is 5.82 Å². The van der Waals surface area contributed by atoms with Gasteiger partial charge in [0.25, 0.3) is 0 Å². The molecule has 16 heavy (non-hydrogen) atoms. The number of hydrogen-bond donors (Lipinski definition) is 1. The van der Waals surface area contributed by atoms with Gasteiger partial charge in [0.15, 0.2) is 0 Å². The van der Waals surface area contributed by atoms with Crippen LogP contribution in [0.25, 0.3) is 0 Å². The van der Waals surface area contributed by atoms with E-state index in [1.54, 1.807) is 0 Å². The third-order valence-electron chi connectivity index (χ3n) is 3.82. The fourth-order valence-electron chi connectivity index (χ4n) is 2.48. The summed E-state index contributed by atoms with van der Waals surface area (Å²) < 4.78 is 2.02. The van der Waals surface area contributed by atoms with Crippen LogP contribution in [-0.2, 0) is 7.05 Å². The van der Waals surface area contributed by atoms with Gasteiger partial charge in [-0.1, -0.05) is 0 Å². The van der Waals surface area contributed by atoms with Crippen LogP contribution in [-0.4, -0.2) is 33.1 Å². The molecule has 1 aliphatic heterocycles. The van der Waals surface area contributed by atoms with E-state index in [0.717, 1.165) is 18.9 Å². The smallest absolute Gasteiger partial charge is 0.127 e. The van der Waals surface area contributed by atoms with Gasteiger partial charge >= 0.3 is 0 Å². The number of imidazole rings is 1. The van der Waals surface area contributed by atoms with E-state index in [4.69, 9.17) is 5.73 Å². The van der Waals surface area contributed by atoms with Crippen LogP contribution in [0.5, 0.6) is 0 Å². The van der Waals surface area contributed by atoms with Crippen molar-refractivity contribution < 1.29 is 0 Å². The number of nitrogens with zero attached hydrogens (tertiary/aromatic N) is 3. The van der Waals surface area contributed by atoms with Gasteiger partial charge in [0.2, 0.25) is 0 Å². The minimum Gasteiger partial charge on any atom is -0.337 e. The van der Waals surface area contributed by atoms with Crippen LogP contribution in [0.15, 0.2) is 12.4 Å². The van der Waals surface area contributed by atoms with Gasteiger partial charge in [-0.2, -0.15) is 0 Å². The van der Waals surface area contributed by atoms with E-state index in [0.29, 0.717) is 0 Å². The molecule has 1 aromatic rings. The summed E-state index contributed by atoms with van der Waals surface area (Å²) in [5, 5.41) is 0. The second-order valence-electron chi connectivity index (χ2n) is 5.22. The molecule has 0 saturated carbocycles. The molecule has 0 aliphatic carbocycles. The predicted molar refractivity (Wildman–Crippen MR) is 65.0 cm³/mol. The van der Waals surface area contributed by atoms with Gasteiger partial charge in [0, 0.05) is 25.0 Å². The summed E-state index contributed by atoms with van der Waals surface area (Å²) in [6.07, 6.45) is 6.35. The molecule has 1 aromatic heterocycles. The monoisotopic (exact) mass is 222 g/mol. The van der Waals surface area contributed by atoms with E-state index in [1.807, 2.05) is 24.0 Å². The maximum Gasteiger partial charge on any atom is 0.127 e. The summed E-state index contributed by atoms with van der Waals surface area (Å²) in [7, 11) is 2.00. The average molecular weight is 222 g/mol. The number of nitrogens with two attached hydrogens (primary N) is 1. The lowest BCUT2D eigenvalue weighted by atomic mass is 9.92. The Bertz CT molecular complexity index is 350. The van der Waals surface area contributed by atoms with Crippen molar-refractivity contribution >= 4 is 0 Å². The van der Waals surface area contributed by atoms with Crippen LogP contribution in [0.1, 0.15) is 38.6 Å². The highest BCUT2D eigenvalue weighted by molar-refractivity contribution is 5.07. The highest BCUT2D eigenvalue weighted by Crippen LogP contribution is 2.30. The SMILES string of the molecule is Cn1ccnc1C(N)C(C)(C)N1CCCC1. The quantitative estimate of drug-likeness (QED) is 0.838. The molecule has 0 radical (unpaired) electrons. The van der Waals surface area contributed by atoms with Crippen molar-refractivity contribution in [2.24, 2.45) is 12.8 Å². The molecular formula is C12H22N4. The molecule has 4 heteroatoms. The molecule has 1 unspecified atom stereocenters. The average Bonchev–Trinajstić information content (AvgIpc) is 2.86. The van der Waals surface area contributed by atoms with Gasteiger partial charge in [-0.05, 0) is 39.8 Å². The Morgan fingerprint density at radius 1 is 1.38 bits per heavy atom. The standard InChI is InChI=1S/C12H22N4/c1-12(2,16-7-4-5-8-16)10(13)11-14-6-9-15(11)3/h6,9-10H,4-5,7-8,13H2,1-3H3. The van der Waals surface area contributed by atoms with E-state index in [-0.39, 0.29) is 11.6 Å². The van der Waals surface area contributed by atoms with Gasteiger partial charge < -0.3 is 10.3 Å². The first-order chi connectivity index (χ1) is 7.53. The first kappa shape index (κ1) is 11.6. The van der Waals surface area contributed by atoms with E-state index in [2.05, 4.69) is 23.7 Å². The summed E-state index contributed by atoms with van der Waals surface area (Å²) in [5.74, 6) is 0.969. The third kappa shape index (κ3) is 1.87. The van der Waals surface area contributed by atoms with Crippen LogP contribution in [0.3, 0.4) is 0 Å².